The second kappa shape index (κ2) is 5.39. The highest BCUT2D eigenvalue weighted by molar-refractivity contribution is 7.98. The van der Waals surface area contributed by atoms with Gasteiger partial charge in [0.2, 0.25) is 0 Å². The SMILES string of the molecule is CCSCc1cc(F)cc(B(O)O)c1. The molecule has 0 atom stereocenters. The Morgan fingerprint density at radius 3 is 2.64 bits per heavy atom. The quantitative estimate of drug-likeness (QED) is 0.727. The third-order valence-corrected chi connectivity index (χ3v) is 2.70. The number of halogens is 1. The van der Waals surface area contributed by atoms with E-state index in [4.69, 9.17) is 10.0 Å². The average molecular weight is 214 g/mol. The van der Waals surface area contributed by atoms with E-state index in [1.54, 1.807) is 17.8 Å². The third-order valence-electron chi connectivity index (χ3n) is 1.75. The fourth-order valence-electron chi connectivity index (χ4n) is 1.13. The molecular weight excluding hydrogens is 202 g/mol. The number of benzene rings is 1. The van der Waals surface area contributed by atoms with Gasteiger partial charge in [-0.2, -0.15) is 11.8 Å². The van der Waals surface area contributed by atoms with Gasteiger partial charge in [-0.15, -0.1) is 0 Å². The van der Waals surface area contributed by atoms with Gasteiger partial charge in [0.05, 0.1) is 0 Å². The van der Waals surface area contributed by atoms with Crippen molar-refractivity contribution in [3.63, 3.8) is 0 Å². The average Bonchev–Trinajstić information content (AvgIpc) is 2.14. The Labute approximate surface area is 87.3 Å². The summed E-state index contributed by atoms with van der Waals surface area (Å²) in [7, 11) is -1.60. The van der Waals surface area contributed by atoms with Crippen molar-refractivity contribution >= 4 is 24.3 Å². The van der Waals surface area contributed by atoms with Crippen molar-refractivity contribution in [3.05, 3.63) is 29.6 Å². The molecule has 0 saturated heterocycles. The molecule has 0 aliphatic rings. The van der Waals surface area contributed by atoms with Crippen LogP contribution in [0.5, 0.6) is 0 Å². The van der Waals surface area contributed by atoms with Crippen LogP contribution >= 0.6 is 11.8 Å². The lowest BCUT2D eigenvalue weighted by atomic mass is 9.79. The van der Waals surface area contributed by atoms with Crippen LogP contribution in [0.4, 0.5) is 4.39 Å². The van der Waals surface area contributed by atoms with E-state index >= 15 is 0 Å². The Kier molecular flexibility index (Phi) is 4.45. The van der Waals surface area contributed by atoms with Crippen LogP contribution in [0, 0.1) is 5.82 Å². The summed E-state index contributed by atoms with van der Waals surface area (Å²) in [5, 5.41) is 17.8. The summed E-state index contributed by atoms with van der Waals surface area (Å²) in [6.45, 7) is 2.02. The van der Waals surface area contributed by atoms with Gasteiger partial charge in [-0.05, 0) is 28.9 Å². The molecule has 1 aromatic rings. The van der Waals surface area contributed by atoms with E-state index in [1.807, 2.05) is 6.92 Å². The summed E-state index contributed by atoms with van der Waals surface area (Å²) < 4.78 is 13.0. The molecule has 0 bridgehead atoms. The molecule has 76 valence electrons. The smallest absolute Gasteiger partial charge is 0.423 e. The van der Waals surface area contributed by atoms with Gasteiger partial charge in [0.1, 0.15) is 5.82 Å². The molecular formula is C9H12BFO2S. The summed E-state index contributed by atoms with van der Waals surface area (Å²) in [5.74, 6) is 1.21. The first-order valence-electron chi connectivity index (χ1n) is 4.36. The van der Waals surface area contributed by atoms with E-state index in [9.17, 15) is 4.39 Å². The Morgan fingerprint density at radius 1 is 1.36 bits per heavy atom. The van der Waals surface area contributed by atoms with Crippen molar-refractivity contribution in [1.82, 2.24) is 0 Å². The van der Waals surface area contributed by atoms with Gasteiger partial charge in [-0.3, -0.25) is 0 Å². The summed E-state index contributed by atoms with van der Waals surface area (Å²) in [4.78, 5) is 0. The molecule has 0 amide bonds. The monoisotopic (exact) mass is 214 g/mol. The van der Waals surface area contributed by atoms with Crippen LogP contribution < -0.4 is 5.46 Å². The highest BCUT2D eigenvalue weighted by Gasteiger charge is 2.12. The van der Waals surface area contributed by atoms with Gasteiger partial charge in [0, 0.05) is 5.75 Å². The molecule has 1 aromatic carbocycles. The summed E-state index contributed by atoms with van der Waals surface area (Å²) in [5.41, 5.74) is 0.983. The molecule has 0 radical (unpaired) electrons. The molecule has 0 fully saturated rings. The summed E-state index contributed by atoms with van der Waals surface area (Å²) in [6, 6.07) is 4.15. The maximum atomic E-state index is 13.0. The predicted molar refractivity (Wildman–Crippen MR) is 58.1 cm³/mol. The van der Waals surface area contributed by atoms with Crippen LogP contribution in [0.3, 0.4) is 0 Å². The zero-order valence-electron chi connectivity index (χ0n) is 7.90. The van der Waals surface area contributed by atoms with Crippen molar-refractivity contribution in [3.8, 4) is 0 Å². The highest BCUT2D eigenvalue weighted by Crippen LogP contribution is 2.11. The van der Waals surface area contributed by atoms with Gasteiger partial charge in [-0.1, -0.05) is 13.0 Å². The molecule has 0 aliphatic heterocycles. The molecule has 1 rings (SSSR count). The number of hydrogen-bond donors (Lipinski definition) is 2. The molecule has 5 heteroatoms. The minimum Gasteiger partial charge on any atom is -0.423 e. The van der Waals surface area contributed by atoms with Gasteiger partial charge >= 0.3 is 7.12 Å². The van der Waals surface area contributed by atoms with Gasteiger partial charge in [-0.25, -0.2) is 4.39 Å². The van der Waals surface area contributed by atoms with Gasteiger partial charge < -0.3 is 10.0 Å². The lowest BCUT2D eigenvalue weighted by Gasteiger charge is -2.04. The first-order chi connectivity index (χ1) is 6.63. The highest BCUT2D eigenvalue weighted by atomic mass is 32.2. The minimum absolute atomic E-state index is 0.205. The molecule has 0 unspecified atom stereocenters. The van der Waals surface area contributed by atoms with Gasteiger partial charge in [0.25, 0.3) is 0 Å². The van der Waals surface area contributed by atoms with E-state index in [0.717, 1.165) is 17.4 Å². The predicted octanol–water partition coefficient (Wildman–Crippen LogP) is 0.759. The molecule has 2 N–H and O–H groups in total. The number of thioether (sulfide) groups is 1. The maximum absolute atomic E-state index is 13.0. The van der Waals surface area contributed by atoms with Crippen molar-refractivity contribution in [2.75, 3.05) is 5.75 Å². The van der Waals surface area contributed by atoms with Crippen LogP contribution in [0.15, 0.2) is 18.2 Å². The Morgan fingerprint density at radius 2 is 2.07 bits per heavy atom. The minimum atomic E-state index is -1.60. The van der Waals surface area contributed by atoms with Crippen molar-refractivity contribution in [1.29, 1.82) is 0 Å². The topological polar surface area (TPSA) is 40.5 Å². The first-order valence-corrected chi connectivity index (χ1v) is 5.52. The molecule has 0 aliphatic carbocycles. The lowest BCUT2D eigenvalue weighted by Crippen LogP contribution is -2.30. The van der Waals surface area contributed by atoms with Crippen LogP contribution in [-0.2, 0) is 5.75 Å². The fourth-order valence-corrected chi connectivity index (χ4v) is 1.73. The van der Waals surface area contributed by atoms with E-state index in [1.165, 1.54) is 6.07 Å². The second-order valence-corrected chi connectivity index (χ2v) is 4.18. The molecule has 0 saturated carbocycles. The largest absolute Gasteiger partial charge is 0.488 e. The summed E-state index contributed by atoms with van der Waals surface area (Å²) in [6.07, 6.45) is 0. The molecule has 0 aromatic heterocycles. The first kappa shape index (κ1) is 11.6. The Bertz CT molecular complexity index is 307. The van der Waals surface area contributed by atoms with E-state index in [-0.39, 0.29) is 5.46 Å². The molecule has 0 heterocycles. The third kappa shape index (κ3) is 3.33. The van der Waals surface area contributed by atoms with Crippen LogP contribution in [0.1, 0.15) is 12.5 Å². The van der Waals surface area contributed by atoms with Crippen LogP contribution in [-0.4, -0.2) is 22.9 Å². The van der Waals surface area contributed by atoms with E-state index < -0.39 is 12.9 Å². The normalized spacial score (nSPS) is 10.3. The van der Waals surface area contributed by atoms with Crippen molar-refractivity contribution in [2.24, 2.45) is 0 Å². The maximum Gasteiger partial charge on any atom is 0.488 e. The second-order valence-electron chi connectivity index (χ2n) is 2.90. The molecule has 14 heavy (non-hydrogen) atoms. The molecule has 0 spiro atoms. The zero-order chi connectivity index (χ0) is 10.6. The zero-order valence-corrected chi connectivity index (χ0v) is 8.72. The lowest BCUT2D eigenvalue weighted by molar-refractivity contribution is 0.425. The van der Waals surface area contributed by atoms with Crippen LogP contribution in [0.25, 0.3) is 0 Å². The van der Waals surface area contributed by atoms with Crippen molar-refractivity contribution < 1.29 is 14.4 Å². The number of rotatable bonds is 4. The molecule has 2 nitrogen and oxygen atoms in total. The number of hydrogen-bond acceptors (Lipinski definition) is 3. The fraction of sp³-hybridized carbons (Fsp3) is 0.333. The van der Waals surface area contributed by atoms with E-state index in [0.29, 0.717) is 5.75 Å². The Hall–Kier alpha value is -0.515. The van der Waals surface area contributed by atoms with Gasteiger partial charge in [0.15, 0.2) is 0 Å². The Balaban J connectivity index is 2.84. The standard InChI is InChI=1S/C9H12BFO2S/c1-2-14-6-7-3-8(10(12)13)5-9(11)4-7/h3-5,12-13H,2,6H2,1H3. The summed E-state index contributed by atoms with van der Waals surface area (Å²) >= 11 is 1.66. The van der Waals surface area contributed by atoms with Crippen LogP contribution in [0.2, 0.25) is 0 Å². The van der Waals surface area contributed by atoms with Crippen molar-refractivity contribution in [2.45, 2.75) is 12.7 Å². The van der Waals surface area contributed by atoms with E-state index in [2.05, 4.69) is 0 Å².